The van der Waals surface area contributed by atoms with Gasteiger partial charge in [-0.3, -0.25) is 14.4 Å². The molecule has 0 radical (unpaired) electrons. The molecule has 36 heavy (non-hydrogen) atoms. The van der Waals surface area contributed by atoms with E-state index in [1.54, 1.807) is 4.90 Å². The van der Waals surface area contributed by atoms with Gasteiger partial charge in [-0.25, -0.2) is 8.78 Å². The first-order valence-electron chi connectivity index (χ1n) is 12.4. The number of nitrogens with two attached hydrogens (primary N) is 1. The van der Waals surface area contributed by atoms with E-state index in [2.05, 4.69) is 10.6 Å². The summed E-state index contributed by atoms with van der Waals surface area (Å²) in [6, 6.07) is 10.1. The minimum atomic E-state index is -0.957. The molecule has 0 aromatic heterocycles. The monoisotopic (exact) mass is 498 g/mol. The highest BCUT2D eigenvalue weighted by molar-refractivity contribution is 6.00. The first-order valence-corrected chi connectivity index (χ1v) is 12.4. The molecular formula is C27H32F2N4O3. The van der Waals surface area contributed by atoms with Crippen LogP contribution in [0.2, 0.25) is 0 Å². The maximum atomic E-state index is 14.8. The normalized spacial score (nSPS) is 23.8. The van der Waals surface area contributed by atoms with Crippen LogP contribution in [0.25, 0.3) is 0 Å². The summed E-state index contributed by atoms with van der Waals surface area (Å²) in [6.07, 6.45) is 3.78. The summed E-state index contributed by atoms with van der Waals surface area (Å²) in [7, 11) is 1.31. The van der Waals surface area contributed by atoms with Crippen LogP contribution >= 0.6 is 0 Å². The van der Waals surface area contributed by atoms with Crippen molar-refractivity contribution in [3.8, 4) is 0 Å². The Kier molecular flexibility index (Phi) is 7.98. The Bertz CT molecular complexity index is 1120. The molecular weight excluding hydrogens is 466 g/mol. The Labute approximate surface area is 209 Å². The summed E-state index contributed by atoms with van der Waals surface area (Å²) in [5.74, 6) is -3.38. The fourth-order valence-corrected chi connectivity index (χ4v) is 5.45. The number of hydrogen-bond donors (Lipinski definition) is 3. The zero-order chi connectivity index (χ0) is 25.8. The lowest BCUT2D eigenvalue weighted by Crippen LogP contribution is -2.48. The highest BCUT2D eigenvalue weighted by Crippen LogP contribution is 2.38. The molecule has 2 atom stereocenters. The zero-order valence-corrected chi connectivity index (χ0v) is 20.3. The lowest BCUT2D eigenvalue weighted by molar-refractivity contribution is -0.141. The van der Waals surface area contributed by atoms with Gasteiger partial charge in [0.05, 0.1) is 11.3 Å². The van der Waals surface area contributed by atoms with Crippen molar-refractivity contribution in [2.24, 2.45) is 17.6 Å². The molecule has 2 fully saturated rings. The van der Waals surface area contributed by atoms with E-state index in [1.807, 2.05) is 30.3 Å². The van der Waals surface area contributed by atoms with Crippen LogP contribution in [0, 0.1) is 23.5 Å². The molecule has 1 heterocycles. The maximum absolute atomic E-state index is 14.8. The van der Waals surface area contributed by atoms with Crippen LogP contribution in [0.4, 0.5) is 14.5 Å². The minimum absolute atomic E-state index is 0.0781. The lowest BCUT2D eigenvalue weighted by Gasteiger charge is -2.33. The summed E-state index contributed by atoms with van der Waals surface area (Å²) in [6.45, 7) is 1.01. The molecule has 0 unspecified atom stereocenters. The first-order chi connectivity index (χ1) is 17.3. The molecule has 192 valence electrons. The van der Waals surface area contributed by atoms with E-state index < -0.39 is 35.1 Å². The molecule has 0 bridgehead atoms. The molecule has 2 aromatic carbocycles. The van der Waals surface area contributed by atoms with Gasteiger partial charge >= 0.3 is 0 Å². The number of amides is 3. The predicted octanol–water partition coefficient (Wildman–Crippen LogP) is 3.41. The molecule has 2 aromatic rings. The van der Waals surface area contributed by atoms with Crippen LogP contribution in [0.1, 0.15) is 53.9 Å². The average Bonchev–Trinajstić information content (AvgIpc) is 3.35. The number of halogens is 2. The fraction of sp³-hybridized carbons (Fsp3) is 0.444. The van der Waals surface area contributed by atoms with E-state index in [-0.39, 0.29) is 23.4 Å². The Hall–Kier alpha value is -3.33. The van der Waals surface area contributed by atoms with E-state index in [9.17, 15) is 23.2 Å². The van der Waals surface area contributed by atoms with Crippen molar-refractivity contribution in [1.29, 1.82) is 0 Å². The third kappa shape index (κ3) is 5.26. The van der Waals surface area contributed by atoms with Crippen LogP contribution < -0.4 is 16.4 Å². The van der Waals surface area contributed by atoms with Gasteiger partial charge in [-0.15, -0.1) is 0 Å². The number of carbonyl (C=O) groups excluding carboxylic acids is 3. The van der Waals surface area contributed by atoms with Crippen LogP contribution in [0.15, 0.2) is 42.5 Å². The largest absolute Gasteiger partial charge is 0.355 e. The number of anilines is 1. The molecule has 1 saturated heterocycles. The van der Waals surface area contributed by atoms with Crippen LogP contribution in [-0.4, -0.2) is 48.8 Å². The molecule has 1 saturated carbocycles. The van der Waals surface area contributed by atoms with Crippen molar-refractivity contribution in [3.63, 3.8) is 0 Å². The van der Waals surface area contributed by atoms with Crippen molar-refractivity contribution in [3.05, 3.63) is 65.2 Å². The topological polar surface area (TPSA) is 105 Å². The van der Waals surface area contributed by atoms with E-state index in [0.717, 1.165) is 43.4 Å². The minimum Gasteiger partial charge on any atom is -0.355 e. The Morgan fingerprint density at radius 1 is 1.00 bits per heavy atom. The number of likely N-dealkylation sites (tertiary alicyclic amines) is 1. The van der Waals surface area contributed by atoms with Gasteiger partial charge < -0.3 is 21.3 Å². The highest BCUT2D eigenvalue weighted by atomic mass is 19.1. The average molecular weight is 499 g/mol. The van der Waals surface area contributed by atoms with Gasteiger partial charge in [0.25, 0.3) is 5.91 Å². The van der Waals surface area contributed by atoms with E-state index in [0.29, 0.717) is 25.4 Å². The number of nitrogens with one attached hydrogen (secondary N) is 2. The SMILES string of the molecule is CNC(=O)c1cc(F)c(NC(=O)[C@@H]2[C@@H](c3ccccc3)CCN2C(=O)[C@H]2CC[C@H](CN)CC2)cc1F. The van der Waals surface area contributed by atoms with E-state index >= 15 is 0 Å². The van der Waals surface area contributed by atoms with Gasteiger partial charge in [-0.05, 0) is 56.2 Å². The summed E-state index contributed by atoms with van der Waals surface area (Å²) < 4.78 is 29.3. The van der Waals surface area contributed by atoms with Crippen LogP contribution in [0.3, 0.4) is 0 Å². The Balaban J connectivity index is 1.60. The van der Waals surface area contributed by atoms with E-state index in [1.165, 1.54) is 7.05 Å². The van der Waals surface area contributed by atoms with Gasteiger partial charge in [-0.2, -0.15) is 0 Å². The van der Waals surface area contributed by atoms with Crippen molar-refractivity contribution in [2.75, 3.05) is 25.5 Å². The number of hydrogen-bond acceptors (Lipinski definition) is 4. The maximum Gasteiger partial charge on any atom is 0.254 e. The quantitative estimate of drug-likeness (QED) is 0.568. The third-order valence-corrected chi connectivity index (χ3v) is 7.49. The Morgan fingerprint density at radius 2 is 1.69 bits per heavy atom. The summed E-state index contributed by atoms with van der Waals surface area (Å²) in [5, 5.41) is 4.73. The van der Waals surface area contributed by atoms with Gasteiger partial charge in [0.2, 0.25) is 11.8 Å². The molecule has 4 rings (SSSR count). The second-order valence-corrected chi connectivity index (χ2v) is 9.62. The van der Waals surface area contributed by atoms with Crippen LogP contribution in [-0.2, 0) is 9.59 Å². The van der Waals surface area contributed by atoms with E-state index in [4.69, 9.17) is 5.73 Å². The molecule has 2 aliphatic rings. The second kappa shape index (κ2) is 11.2. The van der Waals surface area contributed by atoms with Crippen molar-refractivity contribution < 1.29 is 23.2 Å². The summed E-state index contributed by atoms with van der Waals surface area (Å²) in [5.41, 5.74) is 5.86. The van der Waals surface area contributed by atoms with Crippen molar-refractivity contribution in [1.82, 2.24) is 10.2 Å². The third-order valence-electron chi connectivity index (χ3n) is 7.49. The molecule has 4 N–H and O–H groups in total. The highest BCUT2D eigenvalue weighted by Gasteiger charge is 2.44. The first kappa shape index (κ1) is 25.8. The molecule has 0 spiro atoms. The smallest absolute Gasteiger partial charge is 0.254 e. The van der Waals surface area contributed by atoms with Crippen LogP contribution in [0.5, 0.6) is 0 Å². The zero-order valence-electron chi connectivity index (χ0n) is 20.3. The summed E-state index contributed by atoms with van der Waals surface area (Å²) in [4.78, 5) is 40.5. The van der Waals surface area contributed by atoms with Crippen molar-refractivity contribution in [2.45, 2.75) is 44.1 Å². The number of carbonyl (C=O) groups is 3. The molecule has 3 amide bonds. The molecule has 1 aliphatic heterocycles. The van der Waals surface area contributed by atoms with Gasteiger partial charge in [0, 0.05) is 31.5 Å². The van der Waals surface area contributed by atoms with Crippen molar-refractivity contribution >= 4 is 23.4 Å². The lowest BCUT2D eigenvalue weighted by atomic mass is 9.81. The van der Waals surface area contributed by atoms with Gasteiger partial charge in [-0.1, -0.05) is 30.3 Å². The van der Waals surface area contributed by atoms with Gasteiger partial charge in [0.15, 0.2) is 0 Å². The number of benzene rings is 2. The molecule has 7 nitrogen and oxygen atoms in total. The predicted molar refractivity (Wildman–Crippen MR) is 132 cm³/mol. The van der Waals surface area contributed by atoms with Gasteiger partial charge in [0.1, 0.15) is 17.7 Å². The second-order valence-electron chi connectivity index (χ2n) is 9.62. The molecule has 9 heteroatoms. The molecule has 1 aliphatic carbocycles. The number of rotatable bonds is 6. The summed E-state index contributed by atoms with van der Waals surface area (Å²) >= 11 is 0. The fourth-order valence-electron chi connectivity index (χ4n) is 5.45. The Morgan fingerprint density at radius 3 is 2.33 bits per heavy atom. The number of nitrogens with zero attached hydrogens (tertiary/aromatic N) is 1. The standard InChI is InChI=1S/C27H32F2N4O3/c1-31-25(34)20-13-22(29)23(14-21(20)28)32-26(35)24-19(17-5-3-2-4-6-17)11-12-33(24)27(36)18-9-7-16(15-30)8-10-18/h2-6,13-14,16,18-19,24H,7-12,15,30H2,1H3,(H,31,34)(H,32,35)/t16-,18-,19-,24+/m1/s1.